The number of benzene rings is 1. The predicted molar refractivity (Wildman–Crippen MR) is 87.2 cm³/mol. The third-order valence-corrected chi connectivity index (χ3v) is 4.55. The molecule has 3 rings (SSSR count). The van der Waals surface area contributed by atoms with Crippen molar-refractivity contribution in [2.75, 3.05) is 6.54 Å². The van der Waals surface area contributed by atoms with Crippen molar-refractivity contribution in [1.29, 1.82) is 0 Å². The first-order chi connectivity index (χ1) is 10.7. The molecule has 0 fully saturated rings. The van der Waals surface area contributed by atoms with Gasteiger partial charge in [0.15, 0.2) is 0 Å². The molecule has 0 saturated heterocycles. The average molecular weight is 297 g/mol. The molecule has 2 aromatic rings. The summed E-state index contributed by atoms with van der Waals surface area (Å²) in [6.45, 7) is 5.74. The smallest absolute Gasteiger partial charge is 0.223 e. The maximum atomic E-state index is 12.4. The van der Waals surface area contributed by atoms with Crippen molar-refractivity contribution in [3.8, 4) is 11.3 Å². The molecule has 0 radical (unpaired) electrons. The lowest BCUT2D eigenvalue weighted by atomic mass is 9.99. The van der Waals surface area contributed by atoms with Crippen LogP contribution in [0.4, 0.5) is 0 Å². The van der Waals surface area contributed by atoms with Gasteiger partial charge in [-0.1, -0.05) is 50.6 Å². The van der Waals surface area contributed by atoms with E-state index in [4.69, 9.17) is 0 Å². The summed E-state index contributed by atoms with van der Waals surface area (Å²) in [6.07, 6.45) is 2.55. The molecule has 1 aliphatic heterocycles. The summed E-state index contributed by atoms with van der Waals surface area (Å²) in [7, 11) is 0. The minimum absolute atomic E-state index is 0.264. The first-order valence-electron chi connectivity index (χ1n) is 8.08. The molecule has 1 aromatic heterocycles. The summed E-state index contributed by atoms with van der Waals surface area (Å²) >= 11 is 0. The zero-order valence-electron chi connectivity index (χ0n) is 13.3. The Hall–Kier alpha value is -2.10. The summed E-state index contributed by atoms with van der Waals surface area (Å²) in [5.74, 6) is 0.715. The van der Waals surface area contributed by atoms with Gasteiger partial charge in [-0.15, -0.1) is 0 Å². The SMILES string of the molecule is CCC(C)CC(=O)N1CCc2[nH]nc(-c3ccccc3)c2C1. The molecular weight excluding hydrogens is 274 g/mol. The fourth-order valence-electron chi connectivity index (χ4n) is 2.91. The number of nitrogens with one attached hydrogen (secondary N) is 1. The van der Waals surface area contributed by atoms with Crippen molar-refractivity contribution >= 4 is 5.91 Å². The first-order valence-corrected chi connectivity index (χ1v) is 8.08. The van der Waals surface area contributed by atoms with Gasteiger partial charge in [0.2, 0.25) is 5.91 Å². The average Bonchev–Trinajstić information content (AvgIpc) is 2.98. The molecule has 1 aliphatic rings. The highest BCUT2D eigenvalue weighted by atomic mass is 16.2. The van der Waals surface area contributed by atoms with Crippen LogP contribution in [0.1, 0.15) is 37.9 Å². The van der Waals surface area contributed by atoms with Crippen LogP contribution >= 0.6 is 0 Å². The fraction of sp³-hybridized carbons (Fsp3) is 0.444. The first kappa shape index (κ1) is 14.8. The predicted octanol–water partition coefficient (Wildman–Crippen LogP) is 3.40. The van der Waals surface area contributed by atoms with Crippen molar-refractivity contribution in [1.82, 2.24) is 15.1 Å². The molecular formula is C18H23N3O. The number of aromatic amines is 1. The Bertz CT molecular complexity index is 648. The van der Waals surface area contributed by atoms with E-state index >= 15 is 0 Å². The van der Waals surface area contributed by atoms with Gasteiger partial charge in [0.1, 0.15) is 0 Å². The zero-order chi connectivity index (χ0) is 15.5. The zero-order valence-corrected chi connectivity index (χ0v) is 13.3. The number of rotatable bonds is 4. The number of carbonyl (C=O) groups is 1. The molecule has 4 heteroatoms. The maximum Gasteiger partial charge on any atom is 0.223 e. The van der Waals surface area contributed by atoms with Gasteiger partial charge in [0.25, 0.3) is 0 Å². The van der Waals surface area contributed by atoms with Crippen molar-refractivity contribution in [2.45, 2.75) is 39.7 Å². The van der Waals surface area contributed by atoms with E-state index in [1.54, 1.807) is 0 Å². The van der Waals surface area contributed by atoms with Crippen molar-refractivity contribution < 1.29 is 4.79 Å². The highest BCUT2D eigenvalue weighted by molar-refractivity contribution is 5.77. The van der Waals surface area contributed by atoms with Gasteiger partial charge in [0.05, 0.1) is 5.69 Å². The largest absolute Gasteiger partial charge is 0.338 e. The topological polar surface area (TPSA) is 49.0 Å². The Balaban J connectivity index is 1.80. The van der Waals surface area contributed by atoms with Crippen LogP contribution in [0.2, 0.25) is 0 Å². The molecule has 1 unspecified atom stereocenters. The lowest BCUT2D eigenvalue weighted by Crippen LogP contribution is -2.36. The molecule has 22 heavy (non-hydrogen) atoms. The Morgan fingerprint density at radius 2 is 2.14 bits per heavy atom. The molecule has 1 amide bonds. The van der Waals surface area contributed by atoms with Crippen LogP contribution in [-0.4, -0.2) is 27.5 Å². The number of nitrogens with zero attached hydrogens (tertiary/aromatic N) is 2. The summed E-state index contributed by atoms with van der Waals surface area (Å²) in [5, 5.41) is 7.62. The molecule has 1 atom stereocenters. The number of hydrogen-bond acceptors (Lipinski definition) is 2. The maximum absolute atomic E-state index is 12.4. The van der Waals surface area contributed by atoms with E-state index in [2.05, 4.69) is 36.2 Å². The third-order valence-electron chi connectivity index (χ3n) is 4.55. The van der Waals surface area contributed by atoms with Crippen LogP contribution < -0.4 is 0 Å². The second kappa shape index (κ2) is 6.34. The van der Waals surface area contributed by atoms with Gasteiger partial charge in [-0.3, -0.25) is 9.89 Å². The fourth-order valence-corrected chi connectivity index (χ4v) is 2.91. The molecule has 0 bridgehead atoms. The van der Waals surface area contributed by atoms with Crippen LogP contribution in [-0.2, 0) is 17.8 Å². The van der Waals surface area contributed by atoms with Crippen LogP contribution in [0.5, 0.6) is 0 Å². The molecule has 0 spiro atoms. The second-order valence-corrected chi connectivity index (χ2v) is 6.18. The van der Waals surface area contributed by atoms with Crippen LogP contribution in [0.25, 0.3) is 11.3 Å². The standard InChI is InChI=1S/C18H23N3O/c1-3-13(2)11-17(22)21-10-9-16-15(12-21)18(20-19-16)14-7-5-4-6-8-14/h4-8,13H,3,9-12H2,1-2H3,(H,19,20). The Morgan fingerprint density at radius 1 is 1.36 bits per heavy atom. The quantitative estimate of drug-likeness (QED) is 0.940. The highest BCUT2D eigenvalue weighted by Gasteiger charge is 2.26. The Morgan fingerprint density at radius 3 is 2.86 bits per heavy atom. The lowest BCUT2D eigenvalue weighted by Gasteiger charge is -2.28. The number of H-pyrrole nitrogens is 1. The second-order valence-electron chi connectivity index (χ2n) is 6.18. The Labute approximate surface area is 131 Å². The molecule has 0 aliphatic carbocycles. The molecule has 2 heterocycles. The summed E-state index contributed by atoms with van der Waals surface area (Å²) in [5.41, 5.74) is 4.44. The minimum atomic E-state index is 0.264. The van der Waals surface area contributed by atoms with E-state index < -0.39 is 0 Å². The monoisotopic (exact) mass is 297 g/mol. The highest BCUT2D eigenvalue weighted by Crippen LogP contribution is 2.28. The molecule has 0 saturated carbocycles. The number of fused-ring (bicyclic) bond motifs is 1. The Kier molecular flexibility index (Phi) is 4.27. The minimum Gasteiger partial charge on any atom is -0.338 e. The van der Waals surface area contributed by atoms with E-state index in [0.29, 0.717) is 18.9 Å². The van der Waals surface area contributed by atoms with E-state index in [1.165, 1.54) is 11.3 Å². The lowest BCUT2D eigenvalue weighted by molar-refractivity contribution is -0.133. The number of aromatic nitrogens is 2. The van der Waals surface area contributed by atoms with Gasteiger partial charge < -0.3 is 4.90 Å². The van der Waals surface area contributed by atoms with Crippen molar-refractivity contribution in [2.24, 2.45) is 5.92 Å². The van der Waals surface area contributed by atoms with Gasteiger partial charge >= 0.3 is 0 Å². The van der Waals surface area contributed by atoms with Gasteiger partial charge in [-0.25, -0.2) is 0 Å². The van der Waals surface area contributed by atoms with E-state index in [-0.39, 0.29) is 5.91 Å². The van der Waals surface area contributed by atoms with Crippen LogP contribution in [0.3, 0.4) is 0 Å². The number of carbonyl (C=O) groups excluding carboxylic acids is 1. The molecule has 1 N–H and O–H groups in total. The van der Waals surface area contributed by atoms with E-state index in [9.17, 15) is 4.79 Å². The van der Waals surface area contributed by atoms with Crippen LogP contribution in [0, 0.1) is 5.92 Å². The van der Waals surface area contributed by atoms with Crippen molar-refractivity contribution in [3.05, 3.63) is 41.6 Å². The summed E-state index contributed by atoms with van der Waals surface area (Å²) in [4.78, 5) is 14.4. The third kappa shape index (κ3) is 2.91. The summed E-state index contributed by atoms with van der Waals surface area (Å²) < 4.78 is 0. The van der Waals surface area contributed by atoms with E-state index in [0.717, 1.165) is 30.6 Å². The van der Waals surface area contributed by atoms with Crippen molar-refractivity contribution in [3.63, 3.8) is 0 Å². The molecule has 116 valence electrons. The summed E-state index contributed by atoms with van der Waals surface area (Å²) in [6, 6.07) is 10.2. The van der Waals surface area contributed by atoms with Crippen LogP contribution in [0.15, 0.2) is 30.3 Å². The van der Waals surface area contributed by atoms with Gasteiger partial charge in [-0.05, 0) is 5.92 Å². The van der Waals surface area contributed by atoms with Gasteiger partial charge in [-0.2, -0.15) is 5.10 Å². The van der Waals surface area contributed by atoms with Gasteiger partial charge in [0, 0.05) is 42.8 Å². The molecule has 1 aromatic carbocycles. The number of amides is 1. The normalized spacial score (nSPS) is 15.5. The molecule has 4 nitrogen and oxygen atoms in total. The van der Waals surface area contributed by atoms with E-state index in [1.807, 2.05) is 23.1 Å². The number of hydrogen-bond donors (Lipinski definition) is 1.